The third-order valence-corrected chi connectivity index (χ3v) is 5.55. The summed E-state index contributed by atoms with van der Waals surface area (Å²) in [5.74, 6) is 0.591. The van der Waals surface area contributed by atoms with Gasteiger partial charge in [0.05, 0.1) is 30.8 Å². The molecule has 5 heterocycles. The summed E-state index contributed by atoms with van der Waals surface area (Å²) in [4.78, 5) is 13.0. The smallest absolute Gasteiger partial charge is 0.167 e. The van der Waals surface area contributed by atoms with Crippen LogP contribution in [-0.2, 0) is 17.8 Å². The van der Waals surface area contributed by atoms with Gasteiger partial charge in [0.1, 0.15) is 18.7 Å². The van der Waals surface area contributed by atoms with Crippen LogP contribution < -0.4 is 5.32 Å². The molecular formula is C18H22N6O4. The van der Waals surface area contributed by atoms with Crippen LogP contribution in [0, 0.1) is 0 Å². The Balaban J connectivity index is 1.39. The number of hydrogen-bond donors (Lipinski definition) is 4. The van der Waals surface area contributed by atoms with E-state index in [9.17, 15) is 15.3 Å². The zero-order valence-corrected chi connectivity index (χ0v) is 15.1. The van der Waals surface area contributed by atoms with Gasteiger partial charge in [-0.25, -0.2) is 15.0 Å². The molecule has 5 rings (SSSR count). The number of aliphatic hydroxyl groups excluding tert-OH is 3. The highest BCUT2D eigenvalue weighted by Gasteiger charge is 2.35. The summed E-state index contributed by atoms with van der Waals surface area (Å²) in [5, 5.41) is 32.7. The van der Waals surface area contributed by atoms with Crippen molar-refractivity contribution in [2.75, 3.05) is 11.9 Å². The van der Waals surface area contributed by atoms with Crippen molar-refractivity contribution in [1.82, 2.24) is 24.1 Å². The number of nitrogens with one attached hydrogen (secondary N) is 1. The van der Waals surface area contributed by atoms with Gasteiger partial charge in [0.2, 0.25) is 0 Å². The lowest BCUT2D eigenvalue weighted by molar-refractivity contribution is -0.0432. The molecule has 4 N–H and O–H groups in total. The third kappa shape index (κ3) is 2.76. The minimum Gasteiger partial charge on any atom is -0.394 e. The zero-order chi connectivity index (χ0) is 19.3. The summed E-state index contributed by atoms with van der Waals surface area (Å²) < 4.78 is 9.53. The number of aryl methyl sites for hydroxylation is 1. The Kier molecular flexibility index (Phi) is 4.27. The van der Waals surface area contributed by atoms with Gasteiger partial charge in [-0.1, -0.05) is 0 Å². The fraction of sp³-hybridized carbons (Fsp3) is 0.500. The first-order valence-corrected chi connectivity index (χ1v) is 9.37. The van der Waals surface area contributed by atoms with Gasteiger partial charge in [-0.15, -0.1) is 0 Å². The Morgan fingerprint density at radius 3 is 2.96 bits per heavy atom. The number of aromatic nitrogens is 5. The van der Waals surface area contributed by atoms with E-state index in [1.807, 2.05) is 12.3 Å². The van der Waals surface area contributed by atoms with Gasteiger partial charge >= 0.3 is 0 Å². The molecule has 0 spiro atoms. The molecule has 2 aliphatic rings. The topological polar surface area (TPSA) is 130 Å². The fourth-order valence-electron chi connectivity index (χ4n) is 4.10. The molecule has 0 aliphatic carbocycles. The van der Waals surface area contributed by atoms with Crippen molar-refractivity contribution in [3.05, 3.63) is 36.2 Å². The number of nitrogens with zero attached hydrogens (tertiary/aromatic N) is 5. The van der Waals surface area contributed by atoms with Gasteiger partial charge in [-0.2, -0.15) is 0 Å². The van der Waals surface area contributed by atoms with Gasteiger partial charge in [-0.3, -0.25) is 4.57 Å². The van der Waals surface area contributed by atoms with E-state index in [0.29, 0.717) is 29.9 Å². The molecule has 0 amide bonds. The van der Waals surface area contributed by atoms with Crippen molar-refractivity contribution in [1.29, 1.82) is 0 Å². The Morgan fingerprint density at radius 1 is 1.25 bits per heavy atom. The molecule has 28 heavy (non-hydrogen) atoms. The Morgan fingerprint density at radius 2 is 2.14 bits per heavy atom. The number of hydrogen-bond acceptors (Lipinski definition) is 8. The molecule has 10 nitrogen and oxygen atoms in total. The van der Waals surface area contributed by atoms with E-state index in [2.05, 4.69) is 24.8 Å². The molecule has 4 atom stereocenters. The third-order valence-electron chi connectivity index (χ3n) is 5.55. The predicted octanol–water partition coefficient (Wildman–Crippen LogP) is 0.318. The maximum atomic E-state index is 10.2. The minimum absolute atomic E-state index is 0.236. The first-order chi connectivity index (χ1) is 13.7. The Labute approximate surface area is 160 Å². The number of anilines is 1. The van der Waals surface area contributed by atoms with Crippen LogP contribution in [-0.4, -0.2) is 58.2 Å². The van der Waals surface area contributed by atoms with E-state index in [1.165, 1.54) is 6.33 Å². The van der Waals surface area contributed by atoms with Crippen molar-refractivity contribution >= 4 is 17.0 Å². The second kappa shape index (κ2) is 6.82. The molecule has 3 aromatic heterocycles. The van der Waals surface area contributed by atoms with Crippen molar-refractivity contribution in [2.24, 2.45) is 0 Å². The van der Waals surface area contributed by atoms with Crippen LogP contribution in [0.4, 0.5) is 5.82 Å². The molecule has 0 bridgehead atoms. The molecule has 3 aromatic rings. The normalized spacial score (nSPS) is 26.8. The fourth-order valence-corrected chi connectivity index (χ4v) is 4.10. The maximum Gasteiger partial charge on any atom is 0.167 e. The second-order valence-electron chi connectivity index (χ2n) is 7.24. The average Bonchev–Trinajstić information content (AvgIpc) is 3.45. The van der Waals surface area contributed by atoms with Crippen molar-refractivity contribution < 1.29 is 20.1 Å². The minimum atomic E-state index is -0.727. The van der Waals surface area contributed by atoms with Crippen LogP contribution in [0.1, 0.15) is 36.4 Å². The van der Waals surface area contributed by atoms with E-state index < -0.39 is 24.5 Å². The summed E-state index contributed by atoms with van der Waals surface area (Å²) in [6.07, 6.45) is 3.96. The average molecular weight is 386 g/mol. The highest BCUT2D eigenvalue weighted by atomic mass is 16.5. The number of rotatable bonds is 5. The van der Waals surface area contributed by atoms with Crippen LogP contribution in [0.15, 0.2) is 24.9 Å². The van der Waals surface area contributed by atoms with Gasteiger partial charge in [0.15, 0.2) is 17.0 Å². The zero-order valence-electron chi connectivity index (χ0n) is 15.1. The second-order valence-corrected chi connectivity index (χ2v) is 7.24. The first-order valence-electron chi connectivity index (χ1n) is 9.37. The number of imidazole rings is 1. The molecule has 148 valence electrons. The first kappa shape index (κ1) is 17.6. The highest BCUT2D eigenvalue weighted by Crippen LogP contribution is 2.32. The van der Waals surface area contributed by atoms with Crippen LogP contribution in [0.3, 0.4) is 0 Å². The summed E-state index contributed by atoms with van der Waals surface area (Å²) in [6.45, 7) is 1.12. The Bertz CT molecular complexity index is 1000. The van der Waals surface area contributed by atoms with E-state index in [0.717, 1.165) is 24.2 Å². The van der Waals surface area contributed by atoms with Crippen molar-refractivity contribution in [3.8, 4) is 0 Å². The molecule has 1 saturated heterocycles. The van der Waals surface area contributed by atoms with E-state index in [4.69, 9.17) is 4.74 Å². The molecule has 0 saturated carbocycles. The molecule has 0 unspecified atom stereocenters. The largest absolute Gasteiger partial charge is 0.394 e. The van der Waals surface area contributed by atoms with E-state index in [-0.39, 0.29) is 6.61 Å². The van der Waals surface area contributed by atoms with Crippen molar-refractivity contribution in [2.45, 2.75) is 50.5 Å². The monoisotopic (exact) mass is 386 g/mol. The van der Waals surface area contributed by atoms with Gasteiger partial charge in [-0.05, 0) is 18.1 Å². The maximum absolute atomic E-state index is 10.2. The highest BCUT2D eigenvalue weighted by molar-refractivity contribution is 5.82. The summed E-state index contributed by atoms with van der Waals surface area (Å²) in [7, 11) is 0. The number of aliphatic hydroxyl groups is 3. The van der Waals surface area contributed by atoms with Crippen LogP contribution in [0.5, 0.6) is 0 Å². The van der Waals surface area contributed by atoms with Gasteiger partial charge < -0.3 is 29.9 Å². The lowest BCUT2D eigenvalue weighted by Gasteiger charge is -2.13. The van der Waals surface area contributed by atoms with Crippen LogP contribution in [0.25, 0.3) is 11.2 Å². The summed E-state index contributed by atoms with van der Waals surface area (Å²) in [5.41, 5.74) is 3.18. The van der Waals surface area contributed by atoms with Gasteiger partial charge in [0.25, 0.3) is 0 Å². The summed E-state index contributed by atoms with van der Waals surface area (Å²) >= 11 is 0. The SMILES string of the molecule is OC[C@H]1O[C@@H](n2cnc3c(NCc4ccn5c4[C@@H](O)CC5)ncnc32)C[C@@H]1O. The molecule has 0 radical (unpaired) electrons. The molecule has 0 aromatic carbocycles. The predicted molar refractivity (Wildman–Crippen MR) is 98.3 cm³/mol. The molecule has 2 aliphatic heterocycles. The summed E-state index contributed by atoms with van der Waals surface area (Å²) in [6, 6.07) is 2.00. The molecule has 10 heteroatoms. The van der Waals surface area contributed by atoms with Crippen LogP contribution >= 0.6 is 0 Å². The van der Waals surface area contributed by atoms with Gasteiger partial charge in [0, 0.05) is 25.7 Å². The lowest BCUT2D eigenvalue weighted by atomic mass is 10.1. The quantitative estimate of drug-likeness (QED) is 0.493. The van der Waals surface area contributed by atoms with E-state index in [1.54, 1.807) is 10.9 Å². The van der Waals surface area contributed by atoms with Crippen LogP contribution in [0.2, 0.25) is 0 Å². The number of ether oxygens (including phenoxy) is 1. The number of fused-ring (bicyclic) bond motifs is 2. The Hall–Kier alpha value is -2.53. The molecule has 1 fully saturated rings. The van der Waals surface area contributed by atoms with E-state index >= 15 is 0 Å². The van der Waals surface area contributed by atoms with Crippen molar-refractivity contribution in [3.63, 3.8) is 0 Å². The lowest BCUT2D eigenvalue weighted by Crippen LogP contribution is -2.24. The molecular weight excluding hydrogens is 364 g/mol. The standard InChI is InChI=1S/C18H22N6O4/c25-7-13-12(27)5-14(28-13)24-9-22-15-17(20-8-21-18(15)24)19-6-10-1-3-23-4-2-11(26)16(10)23/h1,3,8-9,11-14,25-27H,2,4-7H2,(H,19,20,21)/t11-,12-,13+,14+/m0/s1.